The molecule has 0 aromatic heterocycles. The maximum Gasteiger partial charge on any atom is 0.320 e. The van der Waals surface area contributed by atoms with Gasteiger partial charge in [0.2, 0.25) is 9.76 Å². The van der Waals surface area contributed by atoms with Crippen LogP contribution in [0, 0.1) is 0 Å². The molecule has 11 heavy (non-hydrogen) atoms. The first-order valence-electron chi connectivity index (χ1n) is 3.54. The van der Waals surface area contributed by atoms with Crippen molar-refractivity contribution < 1.29 is 13.0 Å². The fourth-order valence-corrected chi connectivity index (χ4v) is 8.19. The Morgan fingerprint density at radius 3 is 1.91 bits per heavy atom. The fourth-order valence-electron chi connectivity index (χ4n) is 0.868. The van der Waals surface area contributed by atoms with Crippen molar-refractivity contribution in [2.24, 2.45) is 0 Å². The summed E-state index contributed by atoms with van der Waals surface area (Å²) in [7, 11) is -3.96. The minimum atomic E-state index is -2.39. The maximum absolute atomic E-state index is 9.45. The molecule has 0 heterocycles. The van der Waals surface area contributed by atoms with Gasteiger partial charge in [-0.25, -0.2) is 0 Å². The molecule has 0 aromatic rings. The van der Waals surface area contributed by atoms with Crippen molar-refractivity contribution in [2.45, 2.75) is 32.7 Å². The lowest BCUT2D eigenvalue weighted by atomic mass is 11.9. The first-order valence-corrected chi connectivity index (χ1v) is 10.6. The molecule has 0 aromatic carbocycles. The summed E-state index contributed by atoms with van der Waals surface area (Å²) >= 11 is 0. The Labute approximate surface area is 73.2 Å². The molecule has 66 valence electrons. The molecule has 0 saturated carbocycles. The van der Waals surface area contributed by atoms with E-state index in [2.05, 4.69) is 0 Å². The number of hydrogen-bond acceptors (Lipinski definition) is 3. The molecule has 0 fully saturated rings. The summed E-state index contributed by atoms with van der Waals surface area (Å²) in [6.07, 6.45) is 0. The smallest absolute Gasteiger partial charge is 0.320 e. The van der Waals surface area contributed by atoms with Crippen LogP contribution in [0.5, 0.6) is 0 Å². The van der Waals surface area contributed by atoms with Gasteiger partial charge in [-0.1, -0.05) is 0 Å². The Morgan fingerprint density at radius 1 is 1.18 bits per heavy atom. The standard InChI is InChI=1S/C5H16O3Si3/c1-9-7-11(4,5)8-10(2,3)6/h6H,1-5H3. The van der Waals surface area contributed by atoms with Crippen LogP contribution in [-0.2, 0) is 8.23 Å². The molecule has 0 saturated heterocycles. The van der Waals surface area contributed by atoms with Gasteiger partial charge in [0.1, 0.15) is 0 Å². The van der Waals surface area contributed by atoms with E-state index in [1.54, 1.807) is 13.1 Å². The van der Waals surface area contributed by atoms with Crippen LogP contribution in [0.15, 0.2) is 0 Å². The van der Waals surface area contributed by atoms with E-state index in [9.17, 15) is 4.80 Å². The van der Waals surface area contributed by atoms with Gasteiger partial charge < -0.3 is 13.0 Å². The summed E-state index contributed by atoms with van der Waals surface area (Å²) in [5, 5.41) is 0. The van der Waals surface area contributed by atoms with E-state index in [0.29, 0.717) is 9.76 Å². The number of rotatable bonds is 4. The molecule has 0 unspecified atom stereocenters. The van der Waals surface area contributed by atoms with Gasteiger partial charge in [0.05, 0.1) is 0 Å². The average molecular weight is 208 g/mol. The molecule has 6 heteroatoms. The molecular formula is C5H16O3Si3. The Kier molecular flexibility index (Phi) is 4.16. The van der Waals surface area contributed by atoms with Crippen LogP contribution in [-0.4, -0.2) is 31.7 Å². The topological polar surface area (TPSA) is 38.7 Å². The van der Waals surface area contributed by atoms with Crippen molar-refractivity contribution in [1.29, 1.82) is 0 Å². The number of hydrogen-bond donors (Lipinski definition) is 1. The molecule has 0 bridgehead atoms. The first kappa shape index (κ1) is 11.5. The molecule has 2 radical (unpaired) electrons. The van der Waals surface area contributed by atoms with Gasteiger partial charge in [0, 0.05) is 0 Å². The first-order chi connectivity index (χ1) is 4.77. The second kappa shape index (κ2) is 3.97. The second-order valence-corrected chi connectivity index (χ2v) is 11.0. The van der Waals surface area contributed by atoms with E-state index >= 15 is 0 Å². The van der Waals surface area contributed by atoms with E-state index in [1.165, 1.54) is 0 Å². The SMILES string of the molecule is C[Si]O[Si](C)(C)O[Si](C)(C)O. The van der Waals surface area contributed by atoms with E-state index in [-0.39, 0.29) is 0 Å². The normalized spacial score (nSPS) is 13.6. The molecule has 0 aliphatic carbocycles. The van der Waals surface area contributed by atoms with Crippen LogP contribution in [0.25, 0.3) is 0 Å². The lowest BCUT2D eigenvalue weighted by molar-refractivity contribution is 0.334. The minimum Gasteiger partial charge on any atom is -0.437 e. The van der Waals surface area contributed by atoms with E-state index in [4.69, 9.17) is 8.23 Å². The Bertz CT molecular complexity index is 121. The van der Waals surface area contributed by atoms with Gasteiger partial charge >= 0.3 is 17.1 Å². The van der Waals surface area contributed by atoms with Crippen LogP contribution in [0.3, 0.4) is 0 Å². The molecular weight excluding hydrogens is 192 g/mol. The van der Waals surface area contributed by atoms with E-state index in [1.807, 2.05) is 19.6 Å². The van der Waals surface area contributed by atoms with Crippen LogP contribution in [0.1, 0.15) is 0 Å². The van der Waals surface area contributed by atoms with Gasteiger partial charge in [-0.3, -0.25) is 0 Å². The van der Waals surface area contributed by atoms with Gasteiger partial charge in [0.25, 0.3) is 0 Å². The molecule has 0 spiro atoms. The van der Waals surface area contributed by atoms with Crippen molar-refractivity contribution in [3.8, 4) is 0 Å². The molecule has 0 aliphatic heterocycles. The van der Waals surface area contributed by atoms with Crippen molar-refractivity contribution in [3.05, 3.63) is 0 Å². The molecule has 0 rings (SSSR count). The summed E-state index contributed by atoms with van der Waals surface area (Å²) in [5.41, 5.74) is 0. The Morgan fingerprint density at radius 2 is 1.64 bits per heavy atom. The molecule has 3 nitrogen and oxygen atoms in total. The summed E-state index contributed by atoms with van der Waals surface area (Å²) < 4.78 is 10.9. The maximum atomic E-state index is 9.45. The van der Waals surface area contributed by atoms with Crippen LogP contribution in [0.2, 0.25) is 32.7 Å². The van der Waals surface area contributed by atoms with Crippen LogP contribution < -0.4 is 0 Å². The Hall–Kier alpha value is 0.531. The molecule has 0 aliphatic rings. The second-order valence-electron chi connectivity index (χ2n) is 3.25. The van der Waals surface area contributed by atoms with E-state index in [0.717, 1.165) is 0 Å². The highest BCUT2D eigenvalue weighted by molar-refractivity contribution is 6.80. The third kappa shape index (κ3) is 6.91. The summed E-state index contributed by atoms with van der Waals surface area (Å²) in [5.74, 6) is 0. The van der Waals surface area contributed by atoms with Crippen molar-refractivity contribution in [1.82, 2.24) is 0 Å². The summed E-state index contributed by atoms with van der Waals surface area (Å²) in [6.45, 7) is 9.38. The third-order valence-electron chi connectivity index (χ3n) is 0.843. The van der Waals surface area contributed by atoms with E-state index < -0.39 is 17.1 Å². The van der Waals surface area contributed by atoms with Crippen molar-refractivity contribution in [3.63, 3.8) is 0 Å². The molecule has 1 N–H and O–H groups in total. The van der Waals surface area contributed by atoms with Gasteiger partial charge in [-0.2, -0.15) is 0 Å². The van der Waals surface area contributed by atoms with Gasteiger partial charge in [-0.05, 0) is 32.7 Å². The lowest BCUT2D eigenvalue weighted by Crippen LogP contribution is -2.47. The zero-order valence-corrected chi connectivity index (χ0v) is 10.8. The molecule has 0 amide bonds. The highest BCUT2D eigenvalue weighted by Crippen LogP contribution is 2.12. The molecule has 0 atom stereocenters. The van der Waals surface area contributed by atoms with Crippen molar-refractivity contribution >= 4 is 26.9 Å². The predicted molar refractivity (Wildman–Crippen MR) is 51.0 cm³/mol. The van der Waals surface area contributed by atoms with Crippen molar-refractivity contribution in [2.75, 3.05) is 0 Å². The van der Waals surface area contributed by atoms with Crippen LogP contribution in [0.4, 0.5) is 0 Å². The average Bonchev–Trinajstić information content (AvgIpc) is 1.55. The summed E-state index contributed by atoms with van der Waals surface area (Å²) in [6, 6.07) is 0. The zero-order chi connectivity index (χ0) is 9.12. The fraction of sp³-hybridized carbons (Fsp3) is 1.00. The quantitative estimate of drug-likeness (QED) is 0.703. The highest BCUT2D eigenvalue weighted by atomic mass is 28.5. The monoisotopic (exact) mass is 208 g/mol. The largest absolute Gasteiger partial charge is 0.437 e. The summed E-state index contributed by atoms with van der Waals surface area (Å²) in [4.78, 5) is 9.45. The van der Waals surface area contributed by atoms with Gasteiger partial charge in [0.15, 0.2) is 0 Å². The van der Waals surface area contributed by atoms with Gasteiger partial charge in [-0.15, -0.1) is 0 Å². The predicted octanol–water partition coefficient (Wildman–Crippen LogP) is 1.08. The third-order valence-corrected chi connectivity index (χ3v) is 7.59. The lowest BCUT2D eigenvalue weighted by Gasteiger charge is -2.28. The minimum absolute atomic E-state index is 0.443. The zero-order valence-electron chi connectivity index (χ0n) is 7.76. The highest BCUT2D eigenvalue weighted by Gasteiger charge is 2.32. The van der Waals surface area contributed by atoms with Crippen LogP contribution >= 0.6 is 0 Å². The Balaban J connectivity index is 3.91.